The Morgan fingerprint density at radius 3 is 2.34 bits per heavy atom. The Morgan fingerprint density at radius 2 is 1.66 bits per heavy atom. The smallest absolute Gasteiger partial charge is 0.343 e. The molecule has 1 N–H and O–H groups in total. The highest BCUT2D eigenvalue weighted by Crippen LogP contribution is 2.18. The van der Waals surface area contributed by atoms with Crippen molar-refractivity contribution < 1.29 is 23.8 Å². The van der Waals surface area contributed by atoms with E-state index in [1.807, 2.05) is 12.1 Å². The maximum absolute atomic E-state index is 12.3. The highest BCUT2D eigenvalue weighted by molar-refractivity contribution is 9.10. The van der Waals surface area contributed by atoms with Crippen LogP contribution >= 0.6 is 15.9 Å². The molecule has 0 aliphatic carbocycles. The number of carbonyl (C=O) groups is 2. The van der Waals surface area contributed by atoms with E-state index in [9.17, 15) is 9.59 Å². The molecule has 0 spiro atoms. The number of ether oxygens (including phenoxy) is 3. The Bertz CT molecular complexity index is 1100. The summed E-state index contributed by atoms with van der Waals surface area (Å²) in [5.41, 5.74) is 3.48. The van der Waals surface area contributed by atoms with E-state index in [4.69, 9.17) is 14.2 Å². The summed E-state index contributed by atoms with van der Waals surface area (Å²) in [7, 11) is 1.55. The van der Waals surface area contributed by atoms with Crippen molar-refractivity contribution in [1.29, 1.82) is 0 Å². The second-order valence-electron chi connectivity index (χ2n) is 6.64. The molecule has 0 unspecified atom stereocenters. The monoisotopic (exact) mass is 496 g/mol. The molecule has 0 fully saturated rings. The minimum atomic E-state index is -0.731. The van der Waals surface area contributed by atoms with Crippen LogP contribution in [0, 0.1) is 0 Å². The molecule has 0 saturated carbocycles. The molecular formula is C24H21BrN2O5. The number of benzene rings is 3. The molecule has 0 radical (unpaired) electrons. The molecule has 0 bridgehead atoms. The third-order valence-electron chi connectivity index (χ3n) is 4.28. The van der Waals surface area contributed by atoms with Crippen molar-refractivity contribution in [2.45, 2.75) is 13.0 Å². The molecule has 1 amide bonds. The fourth-order valence-electron chi connectivity index (χ4n) is 2.58. The number of amides is 1. The lowest BCUT2D eigenvalue weighted by atomic mass is 10.2. The lowest BCUT2D eigenvalue weighted by Gasteiger charge is -2.12. The topological polar surface area (TPSA) is 86.2 Å². The lowest BCUT2D eigenvalue weighted by Crippen LogP contribution is -2.33. The zero-order valence-electron chi connectivity index (χ0n) is 17.4. The molecular weight excluding hydrogens is 476 g/mol. The summed E-state index contributed by atoms with van der Waals surface area (Å²) >= 11 is 3.35. The second kappa shape index (κ2) is 11.1. The van der Waals surface area contributed by atoms with E-state index in [1.165, 1.54) is 6.21 Å². The quantitative estimate of drug-likeness (QED) is 0.213. The number of rotatable bonds is 8. The molecule has 3 aromatic carbocycles. The zero-order chi connectivity index (χ0) is 22.9. The lowest BCUT2D eigenvalue weighted by molar-refractivity contribution is -0.127. The third kappa shape index (κ3) is 6.68. The minimum Gasteiger partial charge on any atom is -0.497 e. The first-order valence-corrected chi connectivity index (χ1v) is 10.5. The van der Waals surface area contributed by atoms with E-state index in [1.54, 1.807) is 74.7 Å². The highest BCUT2D eigenvalue weighted by atomic mass is 79.9. The van der Waals surface area contributed by atoms with Gasteiger partial charge < -0.3 is 14.2 Å². The van der Waals surface area contributed by atoms with Gasteiger partial charge in [0.2, 0.25) is 0 Å². The van der Waals surface area contributed by atoms with Crippen LogP contribution in [-0.2, 0) is 4.79 Å². The van der Waals surface area contributed by atoms with Gasteiger partial charge in [0, 0.05) is 4.47 Å². The van der Waals surface area contributed by atoms with Crippen LogP contribution in [-0.4, -0.2) is 31.3 Å². The van der Waals surface area contributed by atoms with Gasteiger partial charge in [0.25, 0.3) is 5.91 Å². The van der Waals surface area contributed by atoms with Crippen molar-refractivity contribution in [1.82, 2.24) is 5.43 Å². The van der Waals surface area contributed by atoms with Gasteiger partial charge in [0.05, 0.1) is 18.9 Å². The van der Waals surface area contributed by atoms with Crippen molar-refractivity contribution in [3.8, 4) is 17.2 Å². The van der Waals surface area contributed by atoms with Crippen LogP contribution in [0.2, 0.25) is 0 Å². The molecule has 3 aromatic rings. The summed E-state index contributed by atoms with van der Waals surface area (Å²) in [4.78, 5) is 24.5. The molecule has 0 saturated heterocycles. The molecule has 164 valence electrons. The number of nitrogens with one attached hydrogen (secondary N) is 1. The number of hydrogen-bond acceptors (Lipinski definition) is 6. The molecule has 7 nitrogen and oxygen atoms in total. The van der Waals surface area contributed by atoms with Crippen LogP contribution in [0.25, 0.3) is 0 Å². The van der Waals surface area contributed by atoms with Crippen molar-refractivity contribution in [2.75, 3.05) is 7.11 Å². The maximum Gasteiger partial charge on any atom is 0.343 e. The summed E-state index contributed by atoms with van der Waals surface area (Å²) in [6, 6.07) is 20.6. The first-order valence-electron chi connectivity index (χ1n) is 9.66. The summed E-state index contributed by atoms with van der Waals surface area (Å²) in [6.45, 7) is 1.63. The summed E-state index contributed by atoms with van der Waals surface area (Å²) in [5.74, 6) is 0.692. The van der Waals surface area contributed by atoms with Gasteiger partial charge in [-0.3, -0.25) is 4.79 Å². The number of nitrogens with zero attached hydrogens (tertiary/aromatic N) is 1. The van der Waals surface area contributed by atoms with Crippen molar-refractivity contribution in [3.63, 3.8) is 0 Å². The molecule has 0 aliphatic rings. The van der Waals surface area contributed by atoms with E-state index in [-0.39, 0.29) is 0 Å². The van der Waals surface area contributed by atoms with Crippen LogP contribution in [0.3, 0.4) is 0 Å². The Hall–Kier alpha value is -3.65. The Labute approximate surface area is 194 Å². The van der Waals surface area contributed by atoms with E-state index in [0.29, 0.717) is 28.4 Å². The van der Waals surface area contributed by atoms with Crippen LogP contribution in [0.15, 0.2) is 82.4 Å². The fourth-order valence-corrected chi connectivity index (χ4v) is 2.85. The van der Waals surface area contributed by atoms with Crippen molar-refractivity contribution in [3.05, 3.63) is 88.4 Å². The normalized spacial score (nSPS) is 11.6. The predicted molar refractivity (Wildman–Crippen MR) is 124 cm³/mol. The van der Waals surface area contributed by atoms with Gasteiger partial charge in [0.1, 0.15) is 17.2 Å². The summed E-state index contributed by atoms with van der Waals surface area (Å²) in [6.07, 6.45) is 0.722. The molecule has 1 atom stereocenters. The Kier molecular flexibility index (Phi) is 7.99. The molecule has 3 rings (SSSR count). The highest BCUT2D eigenvalue weighted by Gasteiger charge is 2.14. The zero-order valence-corrected chi connectivity index (χ0v) is 19.0. The first-order chi connectivity index (χ1) is 15.4. The third-order valence-corrected chi connectivity index (χ3v) is 4.81. The number of hydrogen-bond donors (Lipinski definition) is 1. The average Bonchev–Trinajstić information content (AvgIpc) is 2.80. The largest absolute Gasteiger partial charge is 0.497 e. The standard InChI is InChI=1S/C24H21BrN2O5/c1-16(31-21-12-8-19(25)9-13-21)23(28)27-26-15-17-4-3-5-22(14-17)32-24(29)18-6-10-20(30-2)11-7-18/h3-16H,1-2H3,(H,27,28)/b26-15-/t16-/m1/s1. The van der Waals surface area contributed by atoms with E-state index >= 15 is 0 Å². The van der Waals surface area contributed by atoms with Gasteiger partial charge in [-0.1, -0.05) is 28.1 Å². The van der Waals surface area contributed by atoms with Gasteiger partial charge in [-0.15, -0.1) is 0 Å². The number of methoxy groups -OCH3 is 1. The average molecular weight is 497 g/mol. The molecule has 0 aliphatic heterocycles. The second-order valence-corrected chi connectivity index (χ2v) is 7.55. The minimum absolute atomic E-state index is 0.355. The van der Waals surface area contributed by atoms with E-state index < -0.39 is 18.0 Å². The number of esters is 1. The Morgan fingerprint density at radius 1 is 0.969 bits per heavy atom. The van der Waals surface area contributed by atoms with Crippen LogP contribution in [0.5, 0.6) is 17.2 Å². The van der Waals surface area contributed by atoms with Crippen LogP contribution < -0.4 is 19.6 Å². The molecule has 0 heterocycles. The van der Waals surface area contributed by atoms with Gasteiger partial charge in [0.15, 0.2) is 6.10 Å². The van der Waals surface area contributed by atoms with Gasteiger partial charge >= 0.3 is 5.97 Å². The SMILES string of the molecule is COc1ccc(C(=O)Oc2cccc(/C=N\NC(=O)[C@@H](C)Oc3ccc(Br)cc3)c2)cc1. The van der Waals surface area contributed by atoms with E-state index in [0.717, 1.165) is 4.47 Å². The predicted octanol–water partition coefficient (Wildman–Crippen LogP) is 4.59. The van der Waals surface area contributed by atoms with Crippen molar-refractivity contribution in [2.24, 2.45) is 5.10 Å². The first kappa shape index (κ1) is 23.0. The van der Waals surface area contributed by atoms with Gasteiger partial charge in [-0.25, -0.2) is 10.2 Å². The fraction of sp³-hybridized carbons (Fsp3) is 0.125. The summed E-state index contributed by atoms with van der Waals surface area (Å²) in [5, 5.41) is 3.95. The molecule has 0 aromatic heterocycles. The van der Waals surface area contributed by atoms with E-state index in [2.05, 4.69) is 26.5 Å². The Balaban J connectivity index is 1.54. The number of hydrazone groups is 1. The van der Waals surface area contributed by atoms with Crippen LogP contribution in [0.1, 0.15) is 22.8 Å². The van der Waals surface area contributed by atoms with Crippen LogP contribution in [0.4, 0.5) is 0 Å². The summed E-state index contributed by atoms with van der Waals surface area (Å²) < 4.78 is 17.0. The van der Waals surface area contributed by atoms with Crippen molar-refractivity contribution >= 4 is 34.0 Å². The number of halogens is 1. The maximum atomic E-state index is 12.3. The molecule has 8 heteroatoms. The number of carbonyl (C=O) groups excluding carboxylic acids is 2. The van der Waals surface area contributed by atoms with Gasteiger partial charge in [-0.2, -0.15) is 5.10 Å². The molecule has 32 heavy (non-hydrogen) atoms. The van der Waals surface area contributed by atoms with Gasteiger partial charge in [-0.05, 0) is 73.2 Å².